The Morgan fingerprint density at radius 2 is 1.76 bits per heavy atom. The Bertz CT molecular complexity index is 1240. The molecule has 0 bridgehead atoms. The Labute approximate surface area is 239 Å². The highest BCUT2D eigenvalue weighted by Crippen LogP contribution is 2.22. The molecule has 1 aliphatic heterocycles. The molecular formula is C28H41N9O4. The van der Waals surface area contributed by atoms with Crippen LogP contribution >= 0.6 is 0 Å². The molecule has 2 unspecified atom stereocenters. The first-order valence-electron chi connectivity index (χ1n) is 14.0. The van der Waals surface area contributed by atoms with Gasteiger partial charge in [-0.15, -0.1) is 0 Å². The van der Waals surface area contributed by atoms with E-state index in [1.54, 1.807) is 11.1 Å². The highest BCUT2D eigenvalue weighted by atomic mass is 16.2. The smallest absolute Gasteiger partial charge is 0.243 e. The van der Waals surface area contributed by atoms with Crippen LogP contribution in [0.3, 0.4) is 0 Å². The lowest BCUT2D eigenvalue weighted by Gasteiger charge is -2.27. The summed E-state index contributed by atoms with van der Waals surface area (Å²) in [6, 6.07) is 6.87. The van der Waals surface area contributed by atoms with Gasteiger partial charge in [-0.05, 0) is 63.1 Å². The number of nitrogens with two attached hydrogens (primary N) is 4. The van der Waals surface area contributed by atoms with Crippen LogP contribution < -0.4 is 33.6 Å². The van der Waals surface area contributed by atoms with E-state index in [0.29, 0.717) is 51.6 Å². The van der Waals surface area contributed by atoms with Crippen LogP contribution in [0.4, 0.5) is 0 Å². The quantitative estimate of drug-likeness (QED) is 0.0923. The molecule has 3 atom stereocenters. The molecule has 13 heteroatoms. The predicted octanol–water partition coefficient (Wildman–Crippen LogP) is -0.594. The summed E-state index contributed by atoms with van der Waals surface area (Å²) in [6.45, 7) is 1.16. The van der Waals surface area contributed by atoms with Gasteiger partial charge in [0.1, 0.15) is 18.1 Å². The zero-order valence-corrected chi connectivity index (χ0v) is 23.3. The lowest BCUT2D eigenvalue weighted by Crippen LogP contribution is -2.56. The number of pyridine rings is 1. The number of unbranched alkanes of at least 4 members (excludes halogenated alkanes) is 1. The first kappa shape index (κ1) is 31.3. The number of nitrogens with one attached hydrogen (secondary N) is 2. The number of para-hydroxylation sites is 1. The second-order valence-corrected chi connectivity index (χ2v) is 10.2. The van der Waals surface area contributed by atoms with Crippen LogP contribution in [0.15, 0.2) is 41.5 Å². The highest BCUT2D eigenvalue weighted by molar-refractivity contribution is 5.95. The number of primary amides is 1. The molecular weight excluding hydrogens is 526 g/mol. The van der Waals surface area contributed by atoms with E-state index in [1.165, 1.54) is 0 Å². The normalized spacial score (nSPS) is 16.1. The zero-order chi connectivity index (χ0) is 29.8. The molecule has 41 heavy (non-hydrogen) atoms. The fourth-order valence-electron chi connectivity index (χ4n) is 5.00. The Hall–Kier alpha value is -4.26. The zero-order valence-electron chi connectivity index (χ0n) is 23.3. The first-order chi connectivity index (χ1) is 19.7. The van der Waals surface area contributed by atoms with Gasteiger partial charge in [0, 0.05) is 24.7 Å². The Morgan fingerprint density at radius 3 is 2.49 bits per heavy atom. The maximum absolute atomic E-state index is 13.4. The summed E-state index contributed by atoms with van der Waals surface area (Å²) in [5.74, 6) is -1.90. The summed E-state index contributed by atoms with van der Waals surface area (Å²) >= 11 is 0. The molecule has 13 nitrogen and oxygen atoms in total. The van der Waals surface area contributed by atoms with Crippen LogP contribution in [-0.4, -0.2) is 77.2 Å². The molecule has 1 fully saturated rings. The summed E-state index contributed by atoms with van der Waals surface area (Å²) in [7, 11) is 0. The number of nitrogens with zero attached hydrogens (tertiary/aromatic N) is 3. The van der Waals surface area contributed by atoms with Gasteiger partial charge < -0.3 is 38.5 Å². The number of fused-ring (bicyclic) bond motifs is 1. The van der Waals surface area contributed by atoms with Gasteiger partial charge in [0.05, 0.1) is 11.9 Å². The standard InChI is InChI=1S/C28H41N9O4/c29-13-2-1-10-21(26(40)35-20(25(30)39)11-5-15-34-28(31)32)36-27(41)22-12-6-16-37(22)23(38)17-19-8-3-7-18-9-4-14-33-24(18)19/h3-4,7-9,14,20-22H,1-2,5-6,10-13,15-17,29H2,(H2,30,39)(H,35,40)(H,36,41)(H4,31,32,34)/t20?,21?,22-/m0/s1. The summed E-state index contributed by atoms with van der Waals surface area (Å²) in [5, 5.41) is 6.41. The van der Waals surface area contributed by atoms with Crippen LogP contribution in [0.2, 0.25) is 0 Å². The third-order valence-electron chi connectivity index (χ3n) is 7.12. The van der Waals surface area contributed by atoms with Crippen molar-refractivity contribution in [3.8, 4) is 0 Å². The number of carbonyl (C=O) groups excluding carboxylic acids is 4. The Morgan fingerprint density at radius 1 is 1.00 bits per heavy atom. The van der Waals surface area contributed by atoms with Crippen molar-refractivity contribution < 1.29 is 19.2 Å². The van der Waals surface area contributed by atoms with Crippen molar-refractivity contribution >= 4 is 40.5 Å². The summed E-state index contributed by atoms with van der Waals surface area (Å²) in [4.78, 5) is 61.8. The van der Waals surface area contributed by atoms with Gasteiger partial charge in [0.25, 0.3) is 0 Å². The molecule has 0 aliphatic carbocycles. The largest absolute Gasteiger partial charge is 0.370 e. The molecule has 2 aromatic rings. The number of hydrogen-bond acceptors (Lipinski definition) is 7. The van der Waals surface area contributed by atoms with Gasteiger partial charge in [-0.2, -0.15) is 0 Å². The SMILES string of the molecule is NCCCCC(NC(=O)[C@@H]1CCCN1C(=O)Cc1cccc2cccnc12)C(=O)NC(CCCN=C(N)N)C(N)=O. The summed E-state index contributed by atoms with van der Waals surface area (Å²) < 4.78 is 0. The van der Waals surface area contributed by atoms with E-state index in [1.807, 2.05) is 30.3 Å². The van der Waals surface area contributed by atoms with Crippen molar-refractivity contribution in [1.29, 1.82) is 0 Å². The number of aromatic nitrogens is 1. The number of amides is 4. The Balaban J connectivity index is 1.67. The van der Waals surface area contributed by atoms with Crippen LogP contribution in [-0.2, 0) is 25.6 Å². The van der Waals surface area contributed by atoms with E-state index in [2.05, 4.69) is 20.6 Å². The predicted molar refractivity (Wildman–Crippen MR) is 156 cm³/mol. The fraction of sp³-hybridized carbons (Fsp3) is 0.500. The van der Waals surface area contributed by atoms with Crippen LogP contribution in [0, 0.1) is 0 Å². The molecule has 0 radical (unpaired) electrons. The molecule has 0 spiro atoms. The van der Waals surface area contributed by atoms with E-state index < -0.39 is 35.8 Å². The molecule has 2 heterocycles. The lowest BCUT2D eigenvalue weighted by atomic mass is 10.0. The van der Waals surface area contributed by atoms with Crippen molar-refractivity contribution in [2.75, 3.05) is 19.6 Å². The van der Waals surface area contributed by atoms with Crippen molar-refractivity contribution in [3.05, 3.63) is 42.1 Å². The number of rotatable bonds is 15. The molecule has 3 rings (SSSR count). The number of hydrogen-bond donors (Lipinski definition) is 6. The second kappa shape index (κ2) is 15.5. The van der Waals surface area contributed by atoms with E-state index in [-0.39, 0.29) is 31.3 Å². The molecule has 4 amide bonds. The van der Waals surface area contributed by atoms with Crippen LogP contribution in [0.25, 0.3) is 10.9 Å². The van der Waals surface area contributed by atoms with Gasteiger partial charge in [0.2, 0.25) is 23.6 Å². The summed E-state index contributed by atoms with van der Waals surface area (Å²) in [6.07, 6.45) is 5.15. The van der Waals surface area contributed by atoms with Crippen LogP contribution in [0.5, 0.6) is 0 Å². The van der Waals surface area contributed by atoms with Crippen molar-refractivity contribution in [1.82, 2.24) is 20.5 Å². The van der Waals surface area contributed by atoms with E-state index in [9.17, 15) is 19.2 Å². The van der Waals surface area contributed by atoms with E-state index >= 15 is 0 Å². The molecule has 10 N–H and O–H groups in total. The molecule has 222 valence electrons. The van der Waals surface area contributed by atoms with E-state index in [4.69, 9.17) is 22.9 Å². The van der Waals surface area contributed by atoms with Crippen molar-refractivity contribution in [2.24, 2.45) is 27.9 Å². The summed E-state index contributed by atoms with van der Waals surface area (Å²) in [5.41, 5.74) is 23.3. The number of carbonyl (C=O) groups is 4. The topological polar surface area (TPSA) is 225 Å². The monoisotopic (exact) mass is 567 g/mol. The van der Waals surface area contributed by atoms with Crippen molar-refractivity contribution in [2.45, 2.75) is 69.5 Å². The second-order valence-electron chi connectivity index (χ2n) is 10.2. The van der Waals surface area contributed by atoms with Gasteiger partial charge in [0.15, 0.2) is 5.96 Å². The Kier molecular flexibility index (Phi) is 11.8. The van der Waals surface area contributed by atoms with Gasteiger partial charge in [-0.1, -0.05) is 24.3 Å². The molecule has 1 aromatic heterocycles. The number of benzene rings is 1. The number of aliphatic imine (C=N–C) groups is 1. The fourth-order valence-corrected chi connectivity index (χ4v) is 5.00. The number of likely N-dealkylation sites (tertiary alicyclic amines) is 1. The minimum atomic E-state index is -0.954. The van der Waals surface area contributed by atoms with E-state index in [0.717, 1.165) is 16.5 Å². The third-order valence-corrected chi connectivity index (χ3v) is 7.12. The maximum Gasteiger partial charge on any atom is 0.243 e. The van der Waals surface area contributed by atoms with Crippen LogP contribution in [0.1, 0.15) is 50.5 Å². The van der Waals surface area contributed by atoms with Gasteiger partial charge in [-0.3, -0.25) is 29.2 Å². The highest BCUT2D eigenvalue weighted by Gasteiger charge is 2.36. The number of guanidine groups is 1. The molecule has 1 aromatic carbocycles. The first-order valence-corrected chi connectivity index (χ1v) is 14.0. The van der Waals surface area contributed by atoms with Crippen molar-refractivity contribution in [3.63, 3.8) is 0 Å². The minimum Gasteiger partial charge on any atom is -0.370 e. The maximum atomic E-state index is 13.4. The minimum absolute atomic E-state index is 0.0689. The van der Waals surface area contributed by atoms with Gasteiger partial charge >= 0.3 is 0 Å². The van der Waals surface area contributed by atoms with Gasteiger partial charge in [-0.25, -0.2) is 0 Å². The average Bonchev–Trinajstić information content (AvgIpc) is 3.44. The molecule has 1 aliphatic rings. The lowest BCUT2D eigenvalue weighted by molar-refractivity contribution is -0.139. The average molecular weight is 568 g/mol. The molecule has 1 saturated heterocycles. The molecule has 0 saturated carbocycles. The third kappa shape index (κ3) is 9.13.